The number of nitrogens with zero attached hydrogens (tertiary/aromatic N) is 1. The topological polar surface area (TPSA) is 32.3 Å². The minimum absolute atomic E-state index is 0.0630. The van der Waals surface area contributed by atoms with E-state index in [0.717, 1.165) is 23.4 Å². The van der Waals surface area contributed by atoms with Crippen molar-refractivity contribution in [1.29, 1.82) is 0 Å². The second kappa shape index (κ2) is 6.29. The van der Waals surface area contributed by atoms with Crippen LogP contribution in [0.5, 0.6) is 0 Å². The van der Waals surface area contributed by atoms with E-state index in [0.29, 0.717) is 0 Å². The highest BCUT2D eigenvalue weighted by Gasteiger charge is 2.28. The van der Waals surface area contributed by atoms with Gasteiger partial charge in [0, 0.05) is 25.3 Å². The summed E-state index contributed by atoms with van der Waals surface area (Å²) in [4.78, 5) is 14.6. The molecule has 0 aliphatic rings. The summed E-state index contributed by atoms with van der Waals surface area (Å²) in [7, 11) is 1.88. The average Bonchev–Trinajstić information content (AvgIpc) is 2.36. The monoisotopic (exact) mass is 276 g/mol. The molecule has 0 aliphatic carbocycles. The van der Waals surface area contributed by atoms with Gasteiger partial charge < -0.3 is 10.2 Å². The molecule has 112 valence electrons. The first-order valence-corrected chi connectivity index (χ1v) is 7.30. The fourth-order valence-corrected chi connectivity index (χ4v) is 2.13. The molecule has 1 aromatic rings. The fraction of sp³-hybridized carbons (Fsp3) is 0.588. The van der Waals surface area contributed by atoms with E-state index < -0.39 is 0 Å². The number of anilines is 1. The van der Waals surface area contributed by atoms with Crippen molar-refractivity contribution in [3.8, 4) is 0 Å². The van der Waals surface area contributed by atoms with Crippen LogP contribution in [0.25, 0.3) is 0 Å². The number of aryl methyl sites for hydroxylation is 1. The lowest BCUT2D eigenvalue weighted by Crippen LogP contribution is -2.43. The first-order valence-electron chi connectivity index (χ1n) is 7.30. The highest BCUT2D eigenvalue weighted by atomic mass is 16.2. The van der Waals surface area contributed by atoms with Gasteiger partial charge in [-0.25, -0.2) is 0 Å². The van der Waals surface area contributed by atoms with Crippen molar-refractivity contribution in [1.82, 2.24) is 4.90 Å². The van der Waals surface area contributed by atoms with Gasteiger partial charge in [0.1, 0.15) is 0 Å². The standard InChI is InChI=1S/C17H28N2O/c1-8-18-15-11-12(2)9-10-14(15)16(20)19(7)13(3)17(4,5)6/h9-11,13,18H,8H2,1-7H3. The Morgan fingerprint density at radius 2 is 1.95 bits per heavy atom. The van der Waals surface area contributed by atoms with Crippen molar-refractivity contribution in [3.05, 3.63) is 29.3 Å². The van der Waals surface area contributed by atoms with Gasteiger partial charge in [0.05, 0.1) is 5.56 Å². The number of carbonyl (C=O) groups excluding carboxylic acids is 1. The predicted octanol–water partition coefficient (Wildman–Crippen LogP) is 3.93. The van der Waals surface area contributed by atoms with Gasteiger partial charge in [-0.05, 0) is 43.9 Å². The van der Waals surface area contributed by atoms with Gasteiger partial charge in [0.15, 0.2) is 0 Å². The lowest BCUT2D eigenvalue weighted by atomic mass is 9.87. The molecular weight excluding hydrogens is 248 g/mol. The van der Waals surface area contributed by atoms with Crippen LogP contribution in [0.4, 0.5) is 5.69 Å². The third-order valence-corrected chi connectivity index (χ3v) is 3.93. The molecule has 0 saturated carbocycles. The second-order valence-corrected chi connectivity index (χ2v) is 6.54. The molecule has 0 fully saturated rings. The van der Waals surface area contributed by atoms with Crippen molar-refractivity contribution in [2.75, 3.05) is 18.9 Å². The van der Waals surface area contributed by atoms with Crippen LogP contribution in [0.2, 0.25) is 0 Å². The molecule has 0 saturated heterocycles. The maximum Gasteiger partial charge on any atom is 0.255 e. The Balaban J connectivity index is 3.08. The molecule has 1 unspecified atom stereocenters. The molecule has 0 spiro atoms. The summed E-state index contributed by atoms with van der Waals surface area (Å²) in [6.45, 7) is 13.4. The number of amides is 1. The van der Waals surface area contributed by atoms with E-state index >= 15 is 0 Å². The van der Waals surface area contributed by atoms with Gasteiger partial charge >= 0.3 is 0 Å². The zero-order valence-electron chi connectivity index (χ0n) is 13.9. The van der Waals surface area contributed by atoms with E-state index in [9.17, 15) is 4.79 Å². The van der Waals surface area contributed by atoms with E-state index in [1.807, 2.05) is 44.0 Å². The van der Waals surface area contributed by atoms with Crippen LogP contribution >= 0.6 is 0 Å². The molecule has 0 bridgehead atoms. The molecule has 0 radical (unpaired) electrons. The van der Waals surface area contributed by atoms with Gasteiger partial charge in [0.25, 0.3) is 5.91 Å². The van der Waals surface area contributed by atoms with Crippen LogP contribution in [0, 0.1) is 12.3 Å². The van der Waals surface area contributed by atoms with Crippen molar-refractivity contribution >= 4 is 11.6 Å². The molecule has 1 atom stereocenters. The van der Waals surface area contributed by atoms with E-state index in [1.54, 1.807) is 0 Å². The normalized spacial score (nSPS) is 12.9. The van der Waals surface area contributed by atoms with Gasteiger partial charge in [-0.15, -0.1) is 0 Å². The molecule has 3 nitrogen and oxygen atoms in total. The van der Waals surface area contributed by atoms with Crippen molar-refractivity contribution in [2.24, 2.45) is 5.41 Å². The number of benzene rings is 1. The number of rotatable bonds is 4. The minimum atomic E-state index is 0.0630. The van der Waals surface area contributed by atoms with Crippen molar-refractivity contribution < 1.29 is 4.79 Å². The molecule has 0 aromatic heterocycles. The molecule has 1 N–H and O–H groups in total. The third kappa shape index (κ3) is 3.75. The summed E-state index contributed by atoms with van der Waals surface area (Å²) >= 11 is 0. The van der Waals surface area contributed by atoms with Crippen LogP contribution in [0.1, 0.15) is 50.5 Å². The summed E-state index contributed by atoms with van der Waals surface area (Å²) in [5.74, 6) is 0.0726. The van der Waals surface area contributed by atoms with E-state index in [2.05, 4.69) is 33.0 Å². The maximum atomic E-state index is 12.7. The Morgan fingerprint density at radius 1 is 1.35 bits per heavy atom. The molecule has 0 heterocycles. The quantitative estimate of drug-likeness (QED) is 0.903. The van der Waals surface area contributed by atoms with Gasteiger partial charge in [-0.3, -0.25) is 4.79 Å². The Morgan fingerprint density at radius 3 is 2.45 bits per heavy atom. The lowest BCUT2D eigenvalue weighted by Gasteiger charge is -2.35. The first kappa shape index (κ1) is 16.5. The zero-order valence-corrected chi connectivity index (χ0v) is 13.9. The first-order chi connectivity index (χ1) is 9.18. The largest absolute Gasteiger partial charge is 0.385 e. The highest BCUT2D eigenvalue weighted by Crippen LogP contribution is 2.26. The van der Waals surface area contributed by atoms with Crippen molar-refractivity contribution in [2.45, 2.75) is 47.6 Å². The number of carbonyl (C=O) groups is 1. The van der Waals surface area contributed by atoms with Crippen LogP contribution in [-0.2, 0) is 0 Å². The van der Waals surface area contributed by atoms with E-state index in [4.69, 9.17) is 0 Å². The maximum absolute atomic E-state index is 12.7. The molecule has 1 rings (SSSR count). The Kier molecular flexibility index (Phi) is 5.21. The zero-order chi connectivity index (χ0) is 15.5. The number of hydrogen-bond donors (Lipinski definition) is 1. The Bertz CT molecular complexity index is 474. The van der Waals surface area contributed by atoms with Gasteiger partial charge in [-0.1, -0.05) is 26.8 Å². The molecule has 0 aliphatic heterocycles. The third-order valence-electron chi connectivity index (χ3n) is 3.93. The molecular formula is C17H28N2O. The summed E-state index contributed by atoms with van der Waals surface area (Å²) < 4.78 is 0. The average molecular weight is 276 g/mol. The number of nitrogens with one attached hydrogen (secondary N) is 1. The fourth-order valence-electron chi connectivity index (χ4n) is 2.13. The molecule has 3 heteroatoms. The second-order valence-electron chi connectivity index (χ2n) is 6.54. The molecule has 1 amide bonds. The van der Waals surface area contributed by atoms with Crippen LogP contribution in [0.15, 0.2) is 18.2 Å². The smallest absolute Gasteiger partial charge is 0.255 e. The Hall–Kier alpha value is -1.51. The predicted molar refractivity (Wildman–Crippen MR) is 86.4 cm³/mol. The summed E-state index contributed by atoms with van der Waals surface area (Å²) in [5, 5.41) is 3.28. The minimum Gasteiger partial charge on any atom is -0.385 e. The van der Waals surface area contributed by atoms with E-state index in [-0.39, 0.29) is 17.4 Å². The van der Waals surface area contributed by atoms with Crippen LogP contribution < -0.4 is 5.32 Å². The van der Waals surface area contributed by atoms with Crippen LogP contribution in [0.3, 0.4) is 0 Å². The van der Waals surface area contributed by atoms with E-state index in [1.165, 1.54) is 0 Å². The van der Waals surface area contributed by atoms with Gasteiger partial charge in [0.2, 0.25) is 0 Å². The summed E-state index contributed by atoms with van der Waals surface area (Å²) in [5.41, 5.74) is 2.89. The molecule has 1 aromatic carbocycles. The van der Waals surface area contributed by atoms with Gasteiger partial charge in [-0.2, -0.15) is 0 Å². The Labute approximate surface area is 123 Å². The number of hydrogen-bond acceptors (Lipinski definition) is 2. The van der Waals surface area contributed by atoms with Crippen molar-refractivity contribution in [3.63, 3.8) is 0 Å². The SMILES string of the molecule is CCNc1cc(C)ccc1C(=O)N(C)C(C)C(C)(C)C. The highest BCUT2D eigenvalue weighted by molar-refractivity contribution is 5.99. The summed E-state index contributed by atoms with van der Waals surface area (Å²) in [6, 6.07) is 6.11. The lowest BCUT2D eigenvalue weighted by molar-refractivity contribution is 0.0630. The molecule has 20 heavy (non-hydrogen) atoms. The van der Waals surface area contributed by atoms with Crippen LogP contribution in [-0.4, -0.2) is 30.4 Å². The summed E-state index contributed by atoms with van der Waals surface area (Å²) in [6.07, 6.45) is 0.